The van der Waals surface area contributed by atoms with Gasteiger partial charge in [-0.15, -0.1) is 0 Å². The topological polar surface area (TPSA) is 60.8 Å². The number of hydrogen-bond acceptors (Lipinski definition) is 5. The number of rotatable bonds is 9. The van der Waals surface area contributed by atoms with E-state index in [-0.39, 0.29) is 12.1 Å². The molecule has 0 radical (unpaired) electrons. The molecule has 2 aromatic heterocycles. The Kier molecular flexibility index (Phi) is 8.07. The Morgan fingerprint density at radius 2 is 1.74 bits per heavy atom. The van der Waals surface area contributed by atoms with Crippen LogP contribution in [-0.2, 0) is 4.74 Å². The summed E-state index contributed by atoms with van der Waals surface area (Å²) in [6, 6.07) is 21.7. The first-order valence-corrected chi connectivity index (χ1v) is 13.5. The average molecular weight is 563 g/mol. The molecule has 0 spiro atoms. The minimum Gasteiger partial charge on any atom is -0.497 e. The van der Waals surface area contributed by atoms with Gasteiger partial charge in [-0.3, -0.25) is 4.98 Å². The predicted octanol–water partition coefficient (Wildman–Crippen LogP) is 6.35. The quantitative estimate of drug-likeness (QED) is 0.188. The van der Waals surface area contributed by atoms with Crippen LogP contribution in [0.1, 0.15) is 34.7 Å². The maximum absolute atomic E-state index is 6.66. The van der Waals surface area contributed by atoms with E-state index in [1.165, 1.54) is 0 Å². The number of nitrogens with zero attached hydrogens (tertiary/aromatic N) is 3. The van der Waals surface area contributed by atoms with E-state index in [4.69, 9.17) is 38.0 Å². The molecule has 1 N–H and O–H groups in total. The van der Waals surface area contributed by atoms with Crippen molar-refractivity contribution in [2.75, 3.05) is 32.3 Å². The highest BCUT2D eigenvalue weighted by Crippen LogP contribution is 2.45. The van der Waals surface area contributed by atoms with Crippen LogP contribution < -0.4 is 19.7 Å². The van der Waals surface area contributed by atoms with E-state index in [1.54, 1.807) is 14.2 Å². The summed E-state index contributed by atoms with van der Waals surface area (Å²) >= 11 is 12.6. The first kappa shape index (κ1) is 27.0. The van der Waals surface area contributed by atoms with Crippen molar-refractivity contribution < 1.29 is 14.2 Å². The molecule has 202 valence electrons. The number of nitrogens with one attached hydrogen (secondary N) is 1. The molecule has 4 aromatic rings. The number of pyridine rings is 1. The minimum absolute atomic E-state index is 0.165. The van der Waals surface area contributed by atoms with E-state index in [0.717, 1.165) is 39.8 Å². The second-order valence-electron chi connectivity index (χ2n) is 9.31. The molecule has 39 heavy (non-hydrogen) atoms. The average Bonchev–Trinajstić information content (AvgIpc) is 3.45. The summed E-state index contributed by atoms with van der Waals surface area (Å²) in [6.45, 7) is 5.16. The Labute approximate surface area is 239 Å². The minimum atomic E-state index is -0.167. The molecule has 1 saturated heterocycles. The molecule has 1 aliphatic rings. The van der Waals surface area contributed by atoms with Crippen LogP contribution in [-0.4, -0.2) is 42.1 Å². The lowest BCUT2D eigenvalue weighted by Gasteiger charge is -2.28. The standard InChI is InChI=1S/C30H31ClN4O3S/c1-19-17-24(20(2)34(19)21-8-11-23(37-4)12-9-21)29-28(26-7-5-6-14-32-26)33-30(39)35(29)22-10-13-27(25(31)18-22)38-16-15-36-3/h5-14,17-18,28-29H,15-16H2,1-4H3,(H,33,39)/t28-,29-/m0/s1. The zero-order valence-electron chi connectivity index (χ0n) is 22.3. The van der Waals surface area contributed by atoms with Crippen molar-refractivity contribution in [1.82, 2.24) is 14.9 Å². The first-order valence-electron chi connectivity index (χ1n) is 12.7. The Morgan fingerprint density at radius 1 is 0.974 bits per heavy atom. The molecular weight excluding hydrogens is 532 g/mol. The molecule has 0 amide bonds. The van der Waals surface area contributed by atoms with Gasteiger partial charge in [-0.05, 0) is 92.3 Å². The van der Waals surface area contributed by atoms with E-state index < -0.39 is 0 Å². The fourth-order valence-corrected chi connectivity index (χ4v) is 5.73. The maximum atomic E-state index is 6.66. The van der Waals surface area contributed by atoms with Crippen molar-refractivity contribution in [1.29, 1.82) is 0 Å². The van der Waals surface area contributed by atoms with Crippen molar-refractivity contribution in [3.8, 4) is 17.2 Å². The molecule has 5 rings (SSSR count). The molecular formula is C30H31ClN4O3S. The first-order chi connectivity index (χ1) is 18.9. The van der Waals surface area contributed by atoms with Gasteiger partial charge in [0.25, 0.3) is 0 Å². The van der Waals surface area contributed by atoms with Crippen LogP contribution in [0.25, 0.3) is 5.69 Å². The Bertz CT molecular complexity index is 1460. The van der Waals surface area contributed by atoms with Crippen LogP contribution in [0.5, 0.6) is 11.5 Å². The van der Waals surface area contributed by atoms with E-state index in [0.29, 0.717) is 29.1 Å². The summed E-state index contributed by atoms with van der Waals surface area (Å²) in [7, 11) is 3.31. The second kappa shape index (κ2) is 11.7. The number of aryl methyl sites for hydroxylation is 1. The van der Waals surface area contributed by atoms with Gasteiger partial charge in [-0.1, -0.05) is 17.7 Å². The molecule has 2 atom stereocenters. The largest absolute Gasteiger partial charge is 0.497 e. The number of thiocarbonyl (C=S) groups is 1. The number of halogens is 1. The molecule has 0 saturated carbocycles. The third kappa shape index (κ3) is 5.32. The van der Waals surface area contributed by atoms with E-state index >= 15 is 0 Å². The van der Waals surface area contributed by atoms with E-state index in [2.05, 4.69) is 51.8 Å². The fraction of sp³-hybridized carbons (Fsp3) is 0.267. The third-order valence-electron chi connectivity index (χ3n) is 6.96. The van der Waals surface area contributed by atoms with Gasteiger partial charge in [0, 0.05) is 36.1 Å². The van der Waals surface area contributed by atoms with Crippen molar-refractivity contribution in [2.45, 2.75) is 25.9 Å². The molecule has 2 aromatic carbocycles. The summed E-state index contributed by atoms with van der Waals surface area (Å²) < 4.78 is 18.5. The number of benzene rings is 2. The highest BCUT2D eigenvalue weighted by Gasteiger charge is 2.42. The molecule has 1 aliphatic heterocycles. The normalized spacial score (nSPS) is 16.8. The predicted molar refractivity (Wildman–Crippen MR) is 159 cm³/mol. The Hall–Kier alpha value is -3.59. The molecule has 7 nitrogen and oxygen atoms in total. The molecule has 1 fully saturated rings. The summed E-state index contributed by atoms with van der Waals surface area (Å²) in [5.41, 5.74) is 6.22. The van der Waals surface area contributed by atoms with Crippen molar-refractivity contribution in [3.63, 3.8) is 0 Å². The lowest BCUT2D eigenvalue weighted by Crippen LogP contribution is -2.29. The van der Waals surface area contributed by atoms with Crippen LogP contribution in [0.4, 0.5) is 5.69 Å². The van der Waals surface area contributed by atoms with Gasteiger partial charge in [0.15, 0.2) is 5.11 Å². The van der Waals surface area contributed by atoms with Gasteiger partial charge in [0.2, 0.25) is 0 Å². The molecule has 3 heterocycles. The SMILES string of the molecule is COCCOc1ccc(N2C(=S)N[C@@H](c3ccccn3)[C@@H]2c2cc(C)n(-c3ccc(OC)cc3)c2C)cc1Cl. The van der Waals surface area contributed by atoms with Gasteiger partial charge >= 0.3 is 0 Å². The zero-order valence-corrected chi connectivity index (χ0v) is 23.9. The van der Waals surface area contributed by atoms with Crippen LogP contribution in [0, 0.1) is 13.8 Å². The molecule has 0 aliphatic carbocycles. The Balaban J connectivity index is 1.59. The third-order valence-corrected chi connectivity index (χ3v) is 7.57. The summed E-state index contributed by atoms with van der Waals surface area (Å²) in [5, 5.41) is 4.65. The van der Waals surface area contributed by atoms with Gasteiger partial charge in [0.1, 0.15) is 18.1 Å². The fourth-order valence-electron chi connectivity index (χ4n) is 5.16. The summed E-state index contributed by atoms with van der Waals surface area (Å²) in [6.07, 6.45) is 1.81. The van der Waals surface area contributed by atoms with Gasteiger partial charge in [0.05, 0.1) is 36.5 Å². The van der Waals surface area contributed by atoms with E-state index in [9.17, 15) is 0 Å². The summed E-state index contributed by atoms with van der Waals surface area (Å²) in [4.78, 5) is 6.81. The maximum Gasteiger partial charge on any atom is 0.174 e. The number of hydrogen-bond donors (Lipinski definition) is 1. The highest BCUT2D eigenvalue weighted by molar-refractivity contribution is 7.80. The lowest BCUT2D eigenvalue weighted by atomic mass is 9.96. The van der Waals surface area contributed by atoms with E-state index in [1.807, 2.05) is 54.7 Å². The van der Waals surface area contributed by atoms with Crippen LogP contribution in [0.15, 0.2) is 72.9 Å². The van der Waals surface area contributed by atoms with Gasteiger partial charge in [-0.2, -0.15) is 0 Å². The number of anilines is 1. The number of ether oxygens (including phenoxy) is 3. The highest BCUT2D eigenvalue weighted by atomic mass is 35.5. The Morgan fingerprint density at radius 3 is 2.41 bits per heavy atom. The zero-order chi connectivity index (χ0) is 27.5. The van der Waals surface area contributed by atoms with Crippen molar-refractivity contribution >= 4 is 34.6 Å². The van der Waals surface area contributed by atoms with Crippen molar-refractivity contribution in [3.05, 3.63) is 101 Å². The van der Waals surface area contributed by atoms with Crippen molar-refractivity contribution in [2.24, 2.45) is 0 Å². The summed E-state index contributed by atoms with van der Waals surface area (Å²) in [5.74, 6) is 1.42. The monoisotopic (exact) mass is 562 g/mol. The van der Waals surface area contributed by atoms with Gasteiger partial charge < -0.3 is 29.0 Å². The molecule has 0 unspecified atom stereocenters. The molecule has 0 bridgehead atoms. The van der Waals surface area contributed by atoms with Gasteiger partial charge in [-0.25, -0.2) is 0 Å². The lowest BCUT2D eigenvalue weighted by molar-refractivity contribution is 0.146. The smallest absolute Gasteiger partial charge is 0.174 e. The van der Waals surface area contributed by atoms with Crippen LogP contribution in [0.2, 0.25) is 5.02 Å². The number of aromatic nitrogens is 2. The number of methoxy groups -OCH3 is 2. The van der Waals surface area contributed by atoms with Crippen LogP contribution >= 0.6 is 23.8 Å². The second-order valence-corrected chi connectivity index (χ2v) is 10.1. The van der Waals surface area contributed by atoms with Crippen LogP contribution in [0.3, 0.4) is 0 Å². The molecule has 9 heteroatoms.